The van der Waals surface area contributed by atoms with Crippen LogP contribution in [0.25, 0.3) is 0 Å². The Balaban J connectivity index is 1.69. The number of carbonyl (C=O) groups is 1. The molecule has 2 aromatic carbocycles. The molecule has 3 aromatic rings. The van der Waals surface area contributed by atoms with Crippen molar-refractivity contribution in [3.8, 4) is 11.5 Å². The van der Waals surface area contributed by atoms with Crippen LogP contribution >= 0.6 is 22.9 Å². The Hall–Kier alpha value is -2.57. The number of anilines is 1. The summed E-state index contributed by atoms with van der Waals surface area (Å²) in [4.78, 5) is 17.5. The summed E-state index contributed by atoms with van der Waals surface area (Å²) >= 11 is 7.16. The van der Waals surface area contributed by atoms with Crippen molar-refractivity contribution >= 4 is 34.5 Å². The summed E-state index contributed by atoms with van der Waals surface area (Å²) < 4.78 is 10.9. The molecular formula is C19H17ClN2O3S. The van der Waals surface area contributed by atoms with Gasteiger partial charge in [0.1, 0.15) is 28.0 Å². The number of hydrogen-bond acceptors (Lipinski definition) is 5. The third-order valence-corrected chi connectivity index (χ3v) is 4.96. The molecule has 0 bridgehead atoms. The first-order chi connectivity index (χ1) is 12.6. The molecule has 0 fully saturated rings. The van der Waals surface area contributed by atoms with Crippen LogP contribution < -0.4 is 14.8 Å². The summed E-state index contributed by atoms with van der Waals surface area (Å²) in [7, 11) is 1.56. The van der Waals surface area contributed by atoms with Gasteiger partial charge in [-0.05, 0) is 43.3 Å². The molecule has 5 nitrogen and oxygen atoms in total. The van der Waals surface area contributed by atoms with Crippen molar-refractivity contribution in [3.05, 3.63) is 69.1 Å². The molecule has 0 saturated heterocycles. The average molecular weight is 389 g/mol. The van der Waals surface area contributed by atoms with Gasteiger partial charge in [0, 0.05) is 5.02 Å². The van der Waals surface area contributed by atoms with E-state index in [2.05, 4.69) is 10.3 Å². The lowest BCUT2D eigenvalue weighted by atomic mass is 10.3. The van der Waals surface area contributed by atoms with Gasteiger partial charge in [-0.1, -0.05) is 23.7 Å². The smallest absolute Gasteiger partial charge is 0.267 e. The monoisotopic (exact) mass is 388 g/mol. The number of amides is 1. The van der Waals surface area contributed by atoms with Crippen molar-refractivity contribution in [1.82, 2.24) is 4.98 Å². The second-order valence-corrected chi connectivity index (χ2v) is 6.94. The molecule has 1 aromatic heterocycles. The van der Waals surface area contributed by atoms with Crippen LogP contribution in [0.4, 0.5) is 5.69 Å². The van der Waals surface area contributed by atoms with E-state index in [0.29, 0.717) is 32.8 Å². The molecule has 1 amide bonds. The molecule has 0 radical (unpaired) electrons. The Kier molecular flexibility index (Phi) is 5.75. The van der Waals surface area contributed by atoms with Crippen LogP contribution in [-0.2, 0) is 6.61 Å². The fraction of sp³-hybridized carbons (Fsp3) is 0.158. The highest BCUT2D eigenvalue weighted by Gasteiger charge is 2.17. The molecule has 1 N–H and O–H groups in total. The van der Waals surface area contributed by atoms with E-state index in [-0.39, 0.29) is 12.5 Å². The topological polar surface area (TPSA) is 60.5 Å². The summed E-state index contributed by atoms with van der Waals surface area (Å²) in [6.45, 7) is 2.09. The van der Waals surface area contributed by atoms with Crippen LogP contribution in [0.1, 0.15) is 20.4 Å². The minimum Gasteiger partial charge on any atom is -0.495 e. The Labute approximate surface area is 160 Å². The van der Waals surface area contributed by atoms with E-state index in [1.165, 1.54) is 11.3 Å². The number of halogens is 1. The molecular weight excluding hydrogens is 372 g/mol. The molecule has 7 heteroatoms. The maximum Gasteiger partial charge on any atom is 0.267 e. The van der Waals surface area contributed by atoms with Gasteiger partial charge in [0.05, 0.1) is 18.5 Å². The lowest BCUT2D eigenvalue weighted by molar-refractivity contribution is 0.102. The SMILES string of the molecule is COc1ccccc1NC(=O)c1sc(COc2ccc(Cl)cc2)nc1C. The van der Waals surface area contributed by atoms with Gasteiger partial charge in [0.25, 0.3) is 5.91 Å². The summed E-state index contributed by atoms with van der Waals surface area (Å²) in [5.74, 6) is 1.08. The molecule has 0 saturated carbocycles. The first kappa shape index (κ1) is 18.2. The molecule has 134 valence electrons. The van der Waals surface area contributed by atoms with Gasteiger partial charge < -0.3 is 14.8 Å². The lowest BCUT2D eigenvalue weighted by Gasteiger charge is -2.08. The molecule has 3 rings (SSSR count). The van der Waals surface area contributed by atoms with Gasteiger partial charge in [-0.25, -0.2) is 4.98 Å². The third kappa shape index (κ3) is 4.33. The highest BCUT2D eigenvalue weighted by molar-refractivity contribution is 7.13. The zero-order valence-electron chi connectivity index (χ0n) is 14.3. The van der Waals surface area contributed by atoms with Crippen LogP contribution in [0.3, 0.4) is 0 Å². The maximum atomic E-state index is 12.6. The number of aryl methyl sites for hydroxylation is 1. The van der Waals surface area contributed by atoms with E-state index in [1.807, 2.05) is 12.1 Å². The zero-order chi connectivity index (χ0) is 18.5. The molecule has 0 aliphatic rings. The number of thiazole rings is 1. The van der Waals surface area contributed by atoms with E-state index < -0.39 is 0 Å². The Morgan fingerprint density at radius 3 is 2.65 bits per heavy atom. The summed E-state index contributed by atoms with van der Waals surface area (Å²) in [6.07, 6.45) is 0. The number of rotatable bonds is 6. The van der Waals surface area contributed by atoms with Gasteiger partial charge in [-0.15, -0.1) is 11.3 Å². The van der Waals surface area contributed by atoms with Crippen LogP contribution in [0, 0.1) is 6.92 Å². The molecule has 0 atom stereocenters. The maximum absolute atomic E-state index is 12.6. The average Bonchev–Trinajstić information content (AvgIpc) is 3.02. The van der Waals surface area contributed by atoms with Crippen LogP contribution in [-0.4, -0.2) is 18.0 Å². The lowest BCUT2D eigenvalue weighted by Crippen LogP contribution is -2.12. The normalized spacial score (nSPS) is 10.4. The minimum absolute atomic E-state index is 0.220. The number of benzene rings is 2. The number of hydrogen-bond donors (Lipinski definition) is 1. The van der Waals surface area contributed by atoms with E-state index in [1.54, 1.807) is 50.4 Å². The Morgan fingerprint density at radius 1 is 1.19 bits per heavy atom. The largest absolute Gasteiger partial charge is 0.495 e. The first-order valence-electron chi connectivity index (χ1n) is 7.86. The highest BCUT2D eigenvalue weighted by atomic mass is 35.5. The second kappa shape index (κ2) is 8.21. The predicted molar refractivity (Wildman–Crippen MR) is 104 cm³/mol. The second-order valence-electron chi connectivity index (χ2n) is 5.42. The van der Waals surface area contributed by atoms with Gasteiger partial charge in [-0.3, -0.25) is 4.79 Å². The van der Waals surface area contributed by atoms with Gasteiger partial charge in [-0.2, -0.15) is 0 Å². The molecule has 26 heavy (non-hydrogen) atoms. The van der Waals surface area contributed by atoms with Crippen molar-refractivity contribution in [2.24, 2.45) is 0 Å². The first-order valence-corrected chi connectivity index (χ1v) is 9.05. The van der Waals surface area contributed by atoms with Crippen molar-refractivity contribution in [2.75, 3.05) is 12.4 Å². The summed E-state index contributed by atoms with van der Waals surface area (Å²) in [6, 6.07) is 14.4. The van der Waals surface area contributed by atoms with Crippen LogP contribution in [0.2, 0.25) is 5.02 Å². The van der Waals surface area contributed by atoms with E-state index in [9.17, 15) is 4.79 Å². The quantitative estimate of drug-likeness (QED) is 0.649. The number of methoxy groups -OCH3 is 1. The Bertz CT molecular complexity index is 909. The van der Waals surface area contributed by atoms with E-state index in [4.69, 9.17) is 21.1 Å². The van der Waals surface area contributed by atoms with Crippen molar-refractivity contribution in [3.63, 3.8) is 0 Å². The molecule has 0 aliphatic heterocycles. The standard InChI is InChI=1S/C19H17ClN2O3S/c1-12-18(19(23)22-15-5-3-4-6-16(15)24-2)26-17(21-12)11-25-14-9-7-13(20)8-10-14/h3-10H,11H2,1-2H3,(H,22,23). The van der Waals surface area contributed by atoms with Crippen molar-refractivity contribution in [2.45, 2.75) is 13.5 Å². The zero-order valence-corrected chi connectivity index (χ0v) is 15.9. The Morgan fingerprint density at radius 2 is 1.92 bits per heavy atom. The number of aromatic nitrogens is 1. The number of nitrogens with zero attached hydrogens (tertiary/aromatic N) is 1. The number of carbonyl (C=O) groups excluding carboxylic acids is 1. The molecule has 0 spiro atoms. The van der Waals surface area contributed by atoms with E-state index >= 15 is 0 Å². The number of para-hydroxylation sites is 2. The molecule has 0 unspecified atom stereocenters. The van der Waals surface area contributed by atoms with Crippen molar-refractivity contribution < 1.29 is 14.3 Å². The molecule has 1 heterocycles. The highest BCUT2D eigenvalue weighted by Crippen LogP contribution is 2.26. The predicted octanol–water partition coefficient (Wildman–Crippen LogP) is 4.94. The number of nitrogens with one attached hydrogen (secondary N) is 1. The fourth-order valence-electron chi connectivity index (χ4n) is 2.33. The van der Waals surface area contributed by atoms with Gasteiger partial charge >= 0.3 is 0 Å². The van der Waals surface area contributed by atoms with Gasteiger partial charge in [0.2, 0.25) is 0 Å². The van der Waals surface area contributed by atoms with Crippen LogP contribution in [0.5, 0.6) is 11.5 Å². The fourth-order valence-corrected chi connectivity index (χ4v) is 3.33. The third-order valence-electron chi connectivity index (χ3n) is 3.58. The summed E-state index contributed by atoms with van der Waals surface area (Å²) in [5.41, 5.74) is 1.28. The molecule has 0 aliphatic carbocycles. The number of ether oxygens (including phenoxy) is 2. The van der Waals surface area contributed by atoms with Crippen LogP contribution in [0.15, 0.2) is 48.5 Å². The van der Waals surface area contributed by atoms with E-state index in [0.717, 1.165) is 5.01 Å². The van der Waals surface area contributed by atoms with Crippen molar-refractivity contribution in [1.29, 1.82) is 0 Å². The van der Waals surface area contributed by atoms with Gasteiger partial charge in [0.15, 0.2) is 0 Å². The summed E-state index contributed by atoms with van der Waals surface area (Å²) in [5, 5.41) is 4.24. The minimum atomic E-state index is -0.220.